The Bertz CT molecular complexity index is 864. The van der Waals surface area contributed by atoms with Crippen LogP contribution in [-0.2, 0) is 6.54 Å². The first-order chi connectivity index (χ1) is 15.0. The molecule has 0 saturated carbocycles. The minimum Gasteiger partial charge on any atom is -0.459 e. The predicted octanol–water partition coefficient (Wildman–Crippen LogP) is 3.29. The van der Waals surface area contributed by atoms with Crippen LogP contribution in [0.3, 0.4) is 0 Å². The van der Waals surface area contributed by atoms with Crippen molar-refractivity contribution in [3.8, 4) is 0 Å². The van der Waals surface area contributed by atoms with E-state index >= 15 is 0 Å². The van der Waals surface area contributed by atoms with Crippen LogP contribution in [0.15, 0.2) is 46.0 Å². The lowest BCUT2D eigenvalue weighted by molar-refractivity contribution is 0.0925. The van der Waals surface area contributed by atoms with Crippen LogP contribution < -0.4 is 16.0 Å². The molecule has 7 nitrogen and oxygen atoms in total. The number of aliphatic imine (C=N–C) groups is 1. The molecule has 0 atom stereocenters. The smallest absolute Gasteiger partial charge is 0.287 e. The molecule has 9 heteroatoms. The third kappa shape index (κ3) is 8.09. The van der Waals surface area contributed by atoms with Crippen molar-refractivity contribution in [2.45, 2.75) is 38.8 Å². The van der Waals surface area contributed by atoms with Crippen molar-refractivity contribution in [2.24, 2.45) is 4.99 Å². The van der Waals surface area contributed by atoms with Gasteiger partial charge in [-0.15, -0.1) is 24.0 Å². The molecule has 1 aromatic heterocycles. The topological polar surface area (TPSA) is 81.9 Å². The van der Waals surface area contributed by atoms with E-state index in [-0.39, 0.29) is 35.7 Å². The third-order valence-electron chi connectivity index (χ3n) is 5.47. The fraction of sp³-hybridized carbons (Fsp3) is 0.478. The third-order valence-corrected chi connectivity index (χ3v) is 5.47. The van der Waals surface area contributed by atoms with Crippen molar-refractivity contribution in [3.05, 3.63) is 59.3 Å². The molecule has 1 amide bonds. The van der Waals surface area contributed by atoms with Gasteiger partial charge >= 0.3 is 0 Å². The van der Waals surface area contributed by atoms with Gasteiger partial charge in [-0.25, -0.2) is 4.39 Å². The summed E-state index contributed by atoms with van der Waals surface area (Å²) in [5.74, 6) is 0.777. The SMILES string of the molecule is CN=C(NCCCNC(=O)c1occc1C)NC1CCN(Cc2ccc(F)cc2)CC1.I. The highest BCUT2D eigenvalue weighted by Crippen LogP contribution is 2.14. The first-order valence-electron chi connectivity index (χ1n) is 10.8. The average molecular weight is 557 g/mol. The molecule has 1 fully saturated rings. The van der Waals surface area contributed by atoms with Gasteiger partial charge < -0.3 is 20.4 Å². The summed E-state index contributed by atoms with van der Waals surface area (Å²) < 4.78 is 18.2. The van der Waals surface area contributed by atoms with Gasteiger partial charge in [-0.2, -0.15) is 0 Å². The lowest BCUT2D eigenvalue weighted by atomic mass is 10.0. The number of hydrogen-bond acceptors (Lipinski definition) is 4. The summed E-state index contributed by atoms with van der Waals surface area (Å²) in [7, 11) is 1.76. The fourth-order valence-electron chi connectivity index (χ4n) is 3.65. The molecular formula is C23H33FIN5O2. The van der Waals surface area contributed by atoms with E-state index in [1.165, 1.54) is 18.4 Å². The van der Waals surface area contributed by atoms with E-state index in [2.05, 4.69) is 25.8 Å². The minimum atomic E-state index is -0.194. The summed E-state index contributed by atoms with van der Waals surface area (Å²) in [6, 6.07) is 8.88. The van der Waals surface area contributed by atoms with Gasteiger partial charge in [-0.1, -0.05) is 12.1 Å². The molecule has 1 saturated heterocycles. The van der Waals surface area contributed by atoms with Gasteiger partial charge in [-0.05, 0) is 49.9 Å². The molecule has 3 N–H and O–H groups in total. The summed E-state index contributed by atoms with van der Waals surface area (Å²) in [5.41, 5.74) is 1.98. The zero-order valence-electron chi connectivity index (χ0n) is 18.7. The second kappa shape index (κ2) is 13.4. The lowest BCUT2D eigenvalue weighted by Gasteiger charge is -2.33. The van der Waals surface area contributed by atoms with Crippen LogP contribution in [0.4, 0.5) is 4.39 Å². The summed E-state index contributed by atoms with van der Waals surface area (Å²) in [5, 5.41) is 9.66. The van der Waals surface area contributed by atoms with E-state index in [0.717, 1.165) is 56.0 Å². The molecular weight excluding hydrogens is 524 g/mol. The molecule has 176 valence electrons. The molecule has 1 aliphatic heterocycles. The van der Waals surface area contributed by atoms with Gasteiger partial charge in [0.05, 0.1) is 6.26 Å². The number of nitrogens with zero attached hydrogens (tertiary/aromatic N) is 2. The summed E-state index contributed by atoms with van der Waals surface area (Å²) in [6.07, 6.45) is 4.36. The molecule has 2 aromatic rings. The summed E-state index contributed by atoms with van der Waals surface area (Å²) in [6.45, 7) is 5.95. The Morgan fingerprint density at radius 1 is 1.16 bits per heavy atom. The molecule has 1 aromatic carbocycles. The molecule has 1 aliphatic rings. The normalized spacial score (nSPS) is 15.2. The monoisotopic (exact) mass is 557 g/mol. The number of rotatable bonds is 8. The van der Waals surface area contributed by atoms with E-state index in [1.807, 2.05) is 19.1 Å². The van der Waals surface area contributed by atoms with Crippen LogP contribution in [0.25, 0.3) is 0 Å². The van der Waals surface area contributed by atoms with Crippen LogP contribution >= 0.6 is 24.0 Å². The van der Waals surface area contributed by atoms with E-state index in [9.17, 15) is 9.18 Å². The minimum absolute atomic E-state index is 0. The quantitative estimate of drug-likeness (QED) is 0.201. The Labute approximate surface area is 206 Å². The average Bonchev–Trinajstić information content (AvgIpc) is 3.21. The predicted molar refractivity (Wildman–Crippen MR) is 135 cm³/mol. The number of halogens is 2. The standard InChI is InChI=1S/C23H32FN5O2.HI/c1-17-10-15-31-21(17)22(30)26-11-3-12-27-23(25-2)28-20-8-13-29(14-9-20)16-18-4-6-19(24)7-5-18;/h4-7,10,15,20H,3,8-9,11-14,16H2,1-2H3,(H,26,30)(H2,25,27,28);1H. The number of benzene rings is 1. The summed E-state index contributed by atoms with van der Waals surface area (Å²) in [4.78, 5) is 18.7. The van der Waals surface area contributed by atoms with Crippen LogP contribution in [0.1, 0.15) is 40.9 Å². The number of aryl methyl sites for hydroxylation is 1. The first-order valence-corrected chi connectivity index (χ1v) is 10.8. The van der Waals surface area contributed by atoms with Crippen molar-refractivity contribution < 1.29 is 13.6 Å². The van der Waals surface area contributed by atoms with Gasteiger partial charge in [0.2, 0.25) is 0 Å². The largest absolute Gasteiger partial charge is 0.459 e. The van der Waals surface area contributed by atoms with Gasteiger partial charge in [0, 0.05) is 51.4 Å². The van der Waals surface area contributed by atoms with Crippen LogP contribution in [-0.4, -0.2) is 56.0 Å². The van der Waals surface area contributed by atoms with Crippen LogP contribution in [0, 0.1) is 12.7 Å². The lowest BCUT2D eigenvalue weighted by Crippen LogP contribution is -2.48. The zero-order valence-corrected chi connectivity index (χ0v) is 21.0. The number of nitrogens with one attached hydrogen (secondary N) is 3. The van der Waals surface area contributed by atoms with Crippen molar-refractivity contribution in [3.63, 3.8) is 0 Å². The molecule has 0 bridgehead atoms. The van der Waals surface area contributed by atoms with Gasteiger partial charge in [0.25, 0.3) is 5.91 Å². The molecule has 3 rings (SSSR count). The van der Waals surface area contributed by atoms with Crippen LogP contribution in [0.5, 0.6) is 0 Å². The molecule has 32 heavy (non-hydrogen) atoms. The Kier molecular flexibility index (Phi) is 10.9. The molecule has 0 unspecified atom stereocenters. The van der Waals surface area contributed by atoms with Gasteiger partial charge in [0.1, 0.15) is 5.82 Å². The number of piperidine rings is 1. The van der Waals surface area contributed by atoms with Crippen molar-refractivity contribution in [1.29, 1.82) is 0 Å². The molecule has 0 aliphatic carbocycles. The Morgan fingerprint density at radius 2 is 1.84 bits per heavy atom. The zero-order chi connectivity index (χ0) is 22.1. The van der Waals surface area contributed by atoms with Gasteiger partial charge in [0.15, 0.2) is 11.7 Å². The molecule has 2 heterocycles. The molecule has 0 spiro atoms. The van der Waals surface area contributed by atoms with Crippen molar-refractivity contribution in [2.75, 3.05) is 33.2 Å². The number of carbonyl (C=O) groups is 1. The second-order valence-electron chi connectivity index (χ2n) is 7.86. The maximum Gasteiger partial charge on any atom is 0.287 e. The van der Waals surface area contributed by atoms with Crippen molar-refractivity contribution >= 4 is 35.8 Å². The van der Waals surface area contributed by atoms with E-state index in [1.54, 1.807) is 13.1 Å². The fourth-order valence-corrected chi connectivity index (χ4v) is 3.65. The Morgan fingerprint density at radius 3 is 2.47 bits per heavy atom. The number of carbonyl (C=O) groups excluding carboxylic acids is 1. The Balaban J connectivity index is 0.00000363. The summed E-state index contributed by atoms with van der Waals surface area (Å²) >= 11 is 0. The van der Waals surface area contributed by atoms with Crippen LogP contribution in [0.2, 0.25) is 0 Å². The maximum atomic E-state index is 13.0. The number of furan rings is 1. The molecule has 0 radical (unpaired) electrons. The van der Waals surface area contributed by atoms with E-state index in [0.29, 0.717) is 24.9 Å². The number of guanidine groups is 1. The number of hydrogen-bond donors (Lipinski definition) is 3. The Hall–Kier alpha value is -2.14. The van der Waals surface area contributed by atoms with Crippen molar-refractivity contribution in [1.82, 2.24) is 20.9 Å². The number of amides is 1. The first kappa shape index (κ1) is 26.1. The maximum absolute atomic E-state index is 13.0. The highest BCUT2D eigenvalue weighted by molar-refractivity contribution is 14.0. The second-order valence-corrected chi connectivity index (χ2v) is 7.86. The highest BCUT2D eigenvalue weighted by Gasteiger charge is 2.20. The van der Waals surface area contributed by atoms with E-state index in [4.69, 9.17) is 4.42 Å². The number of likely N-dealkylation sites (tertiary alicyclic amines) is 1. The van der Waals surface area contributed by atoms with E-state index < -0.39 is 0 Å². The highest BCUT2D eigenvalue weighted by atomic mass is 127. The van der Waals surface area contributed by atoms with Gasteiger partial charge in [-0.3, -0.25) is 14.7 Å².